The molecule has 3 nitrogen and oxygen atoms in total. The van der Waals surface area contributed by atoms with Gasteiger partial charge in [-0.15, -0.1) is 0 Å². The van der Waals surface area contributed by atoms with E-state index in [4.69, 9.17) is 4.74 Å². The van der Waals surface area contributed by atoms with Crippen LogP contribution in [0, 0.1) is 0 Å². The molecule has 0 bridgehead atoms. The smallest absolute Gasteiger partial charge is 0.256 e. The van der Waals surface area contributed by atoms with Gasteiger partial charge in [0, 0.05) is 5.56 Å². The maximum Gasteiger partial charge on any atom is 0.256 e. The molecule has 0 aromatic heterocycles. The summed E-state index contributed by atoms with van der Waals surface area (Å²) in [6.07, 6.45) is 0.922. The number of fused-ring (bicyclic) bond motifs is 1. The Morgan fingerprint density at radius 3 is 2.57 bits per heavy atom. The van der Waals surface area contributed by atoms with E-state index in [0.717, 1.165) is 17.2 Å². The number of carbonyl (C=O) groups is 1. The zero-order chi connectivity index (χ0) is 16.1. The molecular formula is C20H19NO2. The molecule has 0 fully saturated rings. The van der Waals surface area contributed by atoms with E-state index in [1.165, 1.54) is 0 Å². The van der Waals surface area contributed by atoms with Gasteiger partial charge in [-0.05, 0) is 35.4 Å². The minimum absolute atomic E-state index is 0.130. The number of rotatable bonds is 5. The molecule has 0 saturated carbocycles. The highest BCUT2D eigenvalue weighted by molar-refractivity contribution is 6.13. The van der Waals surface area contributed by atoms with Crippen molar-refractivity contribution in [3.05, 3.63) is 72.3 Å². The Morgan fingerprint density at radius 2 is 1.70 bits per heavy atom. The van der Waals surface area contributed by atoms with Gasteiger partial charge in [-0.2, -0.15) is 0 Å². The standard InChI is InChI=1S/C20H19NO2/c1-2-14-23-19-13-6-5-12-18(19)21-20(22)17-11-7-9-15-8-3-4-10-16(15)17/h3-13H,2,14H2,1H3,(H,21,22). The highest BCUT2D eigenvalue weighted by Crippen LogP contribution is 2.26. The van der Waals surface area contributed by atoms with Gasteiger partial charge in [-0.3, -0.25) is 4.79 Å². The van der Waals surface area contributed by atoms with Crippen molar-refractivity contribution in [3.63, 3.8) is 0 Å². The second-order valence-electron chi connectivity index (χ2n) is 5.33. The molecule has 3 heteroatoms. The number of benzene rings is 3. The fourth-order valence-corrected chi connectivity index (χ4v) is 2.52. The number of carbonyl (C=O) groups excluding carboxylic acids is 1. The van der Waals surface area contributed by atoms with Crippen molar-refractivity contribution in [2.75, 3.05) is 11.9 Å². The van der Waals surface area contributed by atoms with Crippen LogP contribution in [0.5, 0.6) is 5.75 Å². The number of ether oxygens (including phenoxy) is 1. The molecule has 0 aliphatic rings. The lowest BCUT2D eigenvalue weighted by atomic mass is 10.0. The third kappa shape index (κ3) is 3.34. The van der Waals surface area contributed by atoms with Crippen molar-refractivity contribution < 1.29 is 9.53 Å². The fourth-order valence-electron chi connectivity index (χ4n) is 2.52. The molecule has 23 heavy (non-hydrogen) atoms. The summed E-state index contributed by atoms with van der Waals surface area (Å²) in [5.41, 5.74) is 1.35. The van der Waals surface area contributed by atoms with Gasteiger partial charge in [0.05, 0.1) is 12.3 Å². The van der Waals surface area contributed by atoms with E-state index in [9.17, 15) is 4.79 Å². The quantitative estimate of drug-likeness (QED) is 0.729. The van der Waals surface area contributed by atoms with Gasteiger partial charge in [-0.25, -0.2) is 0 Å². The maximum atomic E-state index is 12.7. The summed E-state index contributed by atoms with van der Waals surface area (Å²) in [4.78, 5) is 12.7. The van der Waals surface area contributed by atoms with Gasteiger partial charge < -0.3 is 10.1 Å². The Labute approximate surface area is 135 Å². The van der Waals surface area contributed by atoms with Crippen LogP contribution in [0.2, 0.25) is 0 Å². The number of hydrogen-bond donors (Lipinski definition) is 1. The van der Waals surface area contributed by atoms with Crippen LogP contribution in [0.4, 0.5) is 5.69 Å². The lowest BCUT2D eigenvalue weighted by Gasteiger charge is -2.13. The van der Waals surface area contributed by atoms with Crippen LogP contribution in [0.25, 0.3) is 10.8 Å². The Hall–Kier alpha value is -2.81. The summed E-state index contributed by atoms with van der Waals surface area (Å²) >= 11 is 0. The first kappa shape index (κ1) is 15.1. The SMILES string of the molecule is CCCOc1ccccc1NC(=O)c1cccc2ccccc12. The summed E-state index contributed by atoms with van der Waals surface area (Å²) in [5.74, 6) is 0.567. The molecule has 0 saturated heterocycles. The molecule has 0 heterocycles. The average molecular weight is 305 g/mol. The van der Waals surface area contributed by atoms with Crippen molar-refractivity contribution >= 4 is 22.4 Å². The van der Waals surface area contributed by atoms with Crippen LogP contribution in [0.15, 0.2) is 66.7 Å². The largest absolute Gasteiger partial charge is 0.491 e. The predicted octanol–water partition coefficient (Wildman–Crippen LogP) is 4.88. The molecular weight excluding hydrogens is 286 g/mol. The van der Waals surface area contributed by atoms with Gasteiger partial charge in [0.15, 0.2) is 0 Å². The molecule has 0 aliphatic heterocycles. The minimum atomic E-state index is -0.130. The fraction of sp³-hybridized carbons (Fsp3) is 0.150. The zero-order valence-corrected chi connectivity index (χ0v) is 13.1. The van der Waals surface area contributed by atoms with E-state index in [1.54, 1.807) is 0 Å². The Kier molecular flexibility index (Phi) is 4.57. The third-order valence-electron chi connectivity index (χ3n) is 3.63. The maximum absolute atomic E-state index is 12.7. The van der Waals surface area contributed by atoms with Crippen molar-refractivity contribution in [1.29, 1.82) is 0 Å². The van der Waals surface area contributed by atoms with E-state index in [0.29, 0.717) is 23.6 Å². The Balaban J connectivity index is 1.90. The van der Waals surface area contributed by atoms with Gasteiger partial charge in [0.1, 0.15) is 5.75 Å². The molecule has 0 spiro atoms. The Morgan fingerprint density at radius 1 is 0.957 bits per heavy atom. The summed E-state index contributed by atoms with van der Waals surface area (Å²) < 4.78 is 5.70. The first-order valence-corrected chi connectivity index (χ1v) is 7.80. The minimum Gasteiger partial charge on any atom is -0.491 e. The molecule has 1 N–H and O–H groups in total. The predicted molar refractivity (Wildman–Crippen MR) is 94.1 cm³/mol. The number of para-hydroxylation sites is 2. The van der Waals surface area contributed by atoms with E-state index < -0.39 is 0 Å². The van der Waals surface area contributed by atoms with Crippen LogP contribution in [0.1, 0.15) is 23.7 Å². The summed E-state index contributed by atoms with van der Waals surface area (Å²) in [6, 6.07) is 21.1. The summed E-state index contributed by atoms with van der Waals surface area (Å²) in [7, 11) is 0. The van der Waals surface area contributed by atoms with Crippen molar-refractivity contribution in [3.8, 4) is 5.75 Å². The second-order valence-corrected chi connectivity index (χ2v) is 5.33. The van der Waals surface area contributed by atoms with Gasteiger partial charge in [0.25, 0.3) is 5.91 Å². The number of amides is 1. The highest BCUT2D eigenvalue weighted by Gasteiger charge is 2.12. The highest BCUT2D eigenvalue weighted by atomic mass is 16.5. The first-order chi connectivity index (χ1) is 11.3. The first-order valence-electron chi connectivity index (χ1n) is 7.80. The van der Waals surface area contributed by atoms with Gasteiger partial charge in [-0.1, -0.05) is 55.5 Å². The molecule has 1 amide bonds. The summed E-state index contributed by atoms with van der Waals surface area (Å²) in [5, 5.41) is 4.96. The van der Waals surface area contributed by atoms with Crippen LogP contribution in [-0.4, -0.2) is 12.5 Å². The molecule has 0 unspecified atom stereocenters. The molecule has 0 aliphatic carbocycles. The topological polar surface area (TPSA) is 38.3 Å². The van der Waals surface area contributed by atoms with E-state index in [1.807, 2.05) is 66.7 Å². The monoisotopic (exact) mass is 305 g/mol. The van der Waals surface area contributed by atoms with Crippen LogP contribution >= 0.6 is 0 Å². The zero-order valence-electron chi connectivity index (χ0n) is 13.1. The number of anilines is 1. The van der Waals surface area contributed by atoms with Crippen molar-refractivity contribution in [2.24, 2.45) is 0 Å². The number of hydrogen-bond acceptors (Lipinski definition) is 2. The second kappa shape index (κ2) is 6.97. The average Bonchev–Trinajstić information content (AvgIpc) is 2.60. The number of nitrogens with one attached hydrogen (secondary N) is 1. The van der Waals surface area contributed by atoms with Crippen molar-refractivity contribution in [1.82, 2.24) is 0 Å². The Bertz CT molecular complexity index is 821. The van der Waals surface area contributed by atoms with Gasteiger partial charge >= 0.3 is 0 Å². The normalized spacial score (nSPS) is 10.5. The van der Waals surface area contributed by atoms with E-state index >= 15 is 0 Å². The van der Waals surface area contributed by atoms with Crippen LogP contribution in [0.3, 0.4) is 0 Å². The summed E-state index contributed by atoms with van der Waals surface area (Å²) in [6.45, 7) is 2.68. The molecule has 0 atom stereocenters. The van der Waals surface area contributed by atoms with Crippen LogP contribution in [-0.2, 0) is 0 Å². The molecule has 3 rings (SSSR count). The lowest BCUT2D eigenvalue weighted by molar-refractivity contribution is 0.102. The molecule has 3 aromatic rings. The molecule has 116 valence electrons. The molecule has 0 radical (unpaired) electrons. The van der Waals surface area contributed by atoms with Gasteiger partial charge in [0.2, 0.25) is 0 Å². The molecule has 3 aromatic carbocycles. The third-order valence-corrected chi connectivity index (χ3v) is 3.63. The lowest BCUT2D eigenvalue weighted by Crippen LogP contribution is -2.13. The van der Waals surface area contributed by atoms with E-state index in [-0.39, 0.29) is 5.91 Å². The van der Waals surface area contributed by atoms with E-state index in [2.05, 4.69) is 12.2 Å². The van der Waals surface area contributed by atoms with Crippen molar-refractivity contribution in [2.45, 2.75) is 13.3 Å². The van der Waals surface area contributed by atoms with Crippen LogP contribution < -0.4 is 10.1 Å².